The van der Waals surface area contributed by atoms with Crippen molar-refractivity contribution in [2.45, 2.75) is 39.0 Å². The van der Waals surface area contributed by atoms with E-state index in [1.165, 1.54) is 0 Å². The molecular weight excluding hydrogens is 172 g/mol. The lowest BCUT2D eigenvalue weighted by atomic mass is 10.2. The molecule has 0 rings (SSSR count). The summed E-state index contributed by atoms with van der Waals surface area (Å²) in [7, 11) is 0. The van der Waals surface area contributed by atoms with Crippen LogP contribution in [0.4, 0.5) is 4.79 Å². The van der Waals surface area contributed by atoms with Crippen molar-refractivity contribution in [3.8, 4) is 0 Å². The van der Waals surface area contributed by atoms with Crippen molar-refractivity contribution in [3.63, 3.8) is 0 Å². The zero-order chi connectivity index (χ0) is 9.40. The Hall–Kier alpha value is -1.10. The van der Waals surface area contributed by atoms with Crippen LogP contribution >= 0.6 is 0 Å². The molecule has 13 heavy (non-hydrogen) atoms. The van der Waals surface area contributed by atoms with Gasteiger partial charge in [-0.2, -0.15) is 0 Å². The summed E-state index contributed by atoms with van der Waals surface area (Å²) in [5.41, 5.74) is 4.64. The van der Waals surface area contributed by atoms with E-state index in [0.29, 0.717) is 0 Å². The molecule has 0 heterocycles. The van der Waals surface area contributed by atoms with Crippen molar-refractivity contribution >= 4 is 12.1 Å². The van der Waals surface area contributed by atoms with Crippen LogP contribution < -0.4 is 11.9 Å². The minimum Gasteiger partial charge on any atom is -0.376 e. The lowest BCUT2D eigenvalue weighted by molar-refractivity contribution is -0.137. The molecule has 0 unspecified atom stereocenters. The standard InChI is InChI=1S/C8H15NO3.H3N/c1-2-3-4-5-6-7(10)12-8(9)11;/h2-6H2,1H3,(H2,9,11);1H3. The zero-order valence-electron chi connectivity index (χ0n) is 8.04. The highest BCUT2D eigenvalue weighted by Gasteiger charge is 2.04. The van der Waals surface area contributed by atoms with Gasteiger partial charge in [0.2, 0.25) is 0 Å². The molecule has 0 aliphatic carbocycles. The van der Waals surface area contributed by atoms with E-state index in [2.05, 4.69) is 17.4 Å². The first-order chi connectivity index (χ1) is 5.66. The smallest absolute Gasteiger partial charge is 0.376 e. The highest BCUT2D eigenvalue weighted by Crippen LogP contribution is 2.03. The van der Waals surface area contributed by atoms with E-state index in [0.717, 1.165) is 25.7 Å². The van der Waals surface area contributed by atoms with Crippen LogP contribution in [0.2, 0.25) is 0 Å². The summed E-state index contributed by atoms with van der Waals surface area (Å²) >= 11 is 0. The number of carbonyl (C=O) groups is 2. The maximum absolute atomic E-state index is 10.7. The molecule has 0 saturated heterocycles. The number of hydrogen-bond donors (Lipinski definition) is 2. The van der Waals surface area contributed by atoms with Gasteiger partial charge in [-0.05, 0) is 6.42 Å². The van der Waals surface area contributed by atoms with E-state index < -0.39 is 12.1 Å². The van der Waals surface area contributed by atoms with E-state index in [9.17, 15) is 9.59 Å². The first-order valence-corrected chi connectivity index (χ1v) is 4.17. The molecule has 0 spiro atoms. The minimum absolute atomic E-state index is 0. The maximum Gasteiger partial charge on any atom is 0.412 e. The summed E-state index contributed by atoms with van der Waals surface area (Å²) in [6, 6.07) is 0. The molecule has 0 fully saturated rings. The molecular formula is C8H18N2O3. The topological polar surface area (TPSA) is 104 Å². The predicted octanol–water partition coefficient (Wildman–Crippen LogP) is 1.74. The molecule has 78 valence electrons. The number of rotatable bonds is 5. The summed E-state index contributed by atoms with van der Waals surface area (Å²) in [6.45, 7) is 2.09. The van der Waals surface area contributed by atoms with E-state index >= 15 is 0 Å². The molecule has 5 nitrogen and oxygen atoms in total. The van der Waals surface area contributed by atoms with Gasteiger partial charge < -0.3 is 16.6 Å². The van der Waals surface area contributed by atoms with Crippen LogP contribution in [0, 0.1) is 0 Å². The lowest BCUT2D eigenvalue weighted by Gasteiger charge is -1.98. The number of carbonyl (C=O) groups excluding carboxylic acids is 2. The summed E-state index contributed by atoms with van der Waals surface area (Å²) in [4.78, 5) is 20.8. The van der Waals surface area contributed by atoms with E-state index in [1.807, 2.05) is 0 Å². The summed E-state index contributed by atoms with van der Waals surface area (Å²) in [5.74, 6) is -0.529. The molecule has 5 N–H and O–H groups in total. The Morgan fingerprint density at radius 1 is 1.23 bits per heavy atom. The Morgan fingerprint density at radius 2 is 1.85 bits per heavy atom. The Labute approximate surface area is 78.2 Å². The molecule has 0 saturated carbocycles. The second kappa shape index (κ2) is 8.99. The first kappa shape index (κ1) is 14.4. The number of unbranched alkanes of at least 4 members (excludes halogenated alkanes) is 3. The van der Waals surface area contributed by atoms with Crippen LogP contribution in [0.3, 0.4) is 0 Å². The lowest BCUT2D eigenvalue weighted by Crippen LogP contribution is -2.18. The van der Waals surface area contributed by atoms with E-state index in [-0.39, 0.29) is 12.6 Å². The third-order valence-electron chi connectivity index (χ3n) is 1.45. The van der Waals surface area contributed by atoms with Gasteiger partial charge in [0.15, 0.2) is 0 Å². The average molecular weight is 190 g/mol. The van der Waals surface area contributed by atoms with Crippen molar-refractivity contribution in [2.75, 3.05) is 0 Å². The fourth-order valence-electron chi connectivity index (χ4n) is 0.859. The predicted molar refractivity (Wildman–Crippen MR) is 49.5 cm³/mol. The molecule has 0 aliphatic heterocycles. The highest BCUT2D eigenvalue weighted by atomic mass is 16.6. The van der Waals surface area contributed by atoms with Gasteiger partial charge in [-0.1, -0.05) is 26.2 Å². The number of primary amides is 1. The van der Waals surface area contributed by atoms with Gasteiger partial charge >= 0.3 is 12.1 Å². The second-order valence-electron chi connectivity index (χ2n) is 2.60. The molecule has 0 aromatic rings. The van der Waals surface area contributed by atoms with Crippen molar-refractivity contribution in [1.29, 1.82) is 0 Å². The van der Waals surface area contributed by atoms with Crippen LogP contribution in [0.15, 0.2) is 0 Å². The van der Waals surface area contributed by atoms with Crippen molar-refractivity contribution in [1.82, 2.24) is 6.15 Å². The third kappa shape index (κ3) is 10.9. The molecule has 0 radical (unpaired) electrons. The molecule has 0 atom stereocenters. The SMILES string of the molecule is CCCCCCC(=O)OC(N)=O.N. The van der Waals surface area contributed by atoms with Gasteiger partial charge in [-0.15, -0.1) is 0 Å². The number of esters is 1. The Balaban J connectivity index is 0. The Bertz CT molecular complexity index is 159. The molecule has 0 aromatic carbocycles. The Kier molecular flexibility index (Phi) is 9.98. The fraction of sp³-hybridized carbons (Fsp3) is 0.750. The average Bonchev–Trinajstić information content (AvgIpc) is 1.97. The molecule has 0 aromatic heterocycles. The van der Waals surface area contributed by atoms with Gasteiger partial charge in [0.05, 0.1) is 0 Å². The van der Waals surface area contributed by atoms with E-state index in [4.69, 9.17) is 0 Å². The summed E-state index contributed by atoms with van der Waals surface area (Å²) < 4.78 is 4.13. The first-order valence-electron chi connectivity index (χ1n) is 4.17. The van der Waals surface area contributed by atoms with Gasteiger partial charge in [0.25, 0.3) is 0 Å². The number of nitrogens with two attached hydrogens (primary N) is 1. The summed E-state index contributed by atoms with van der Waals surface area (Å²) in [5, 5.41) is 0. The Morgan fingerprint density at radius 3 is 2.31 bits per heavy atom. The largest absolute Gasteiger partial charge is 0.412 e. The zero-order valence-corrected chi connectivity index (χ0v) is 8.04. The molecule has 5 heteroatoms. The number of amides is 1. The van der Waals surface area contributed by atoms with Crippen LogP contribution in [0.25, 0.3) is 0 Å². The molecule has 0 aliphatic rings. The number of hydrogen-bond acceptors (Lipinski definition) is 4. The molecule has 0 bridgehead atoms. The van der Waals surface area contributed by atoms with Crippen LogP contribution in [-0.2, 0) is 9.53 Å². The van der Waals surface area contributed by atoms with Gasteiger partial charge in [-0.3, -0.25) is 4.79 Å². The quantitative estimate of drug-likeness (QED) is 0.391. The normalized spacial score (nSPS) is 8.69. The van der Waals surface area contributed by atoms with Gasteiger partial charge in [0.1, 0.15) is 0 Å². The van der Waals surface area contributed by atoms with Crippen LogP contribution in [0.5, 0.6) is 0 Å². The number of ether oxygens (including phenoxy) is 1. The second-order valence-corrected chi connectivity index (χ2v) is 2.60. The van der Waals surface area contributed by atoms with Crippen LogP contribution in [-0.4, -0.2) is 12.1 Å². The van der Waals surface area contributed by atoms with Gasteiger partial charge in [0, 0.05) is 6.42 Å². The maximum atomic E-state index is 10.7. The molecule has 1 amide bonds. The van der Waals surface area contributed by atoms with Crippen LogP contribution in [0.1, 0.15) is 39.0 Å². The minimum atomic E-state index is -1.02. The van der Waals surface area contributed by atoms with Crippen molar-refractivity contribution < 1.29 is 14.3 Å². The van der Waals surface area contributed by atoms with Crippen molar-refractivity contribution in [3.05, 3.63) is 0 Å². The van der Waals surface area contributed by atoms with Crippen molar-refractivity contribution in [2.24, 2.45) is 5.73 Å². The highest BCUT2D eigenvalue weighted by molar-refractivity contribution is 5.83. The summed E-state index contributed by atoms with van der Waals surface area (Å²) in [6.07, 6.45) is 3.23. The monoisotopic (exact) mass is 190 g/mol. The van der Waals surface area contributed by atoms with E-state index in [1.54, 1.807) is 0 Å². The van der Waals surface area contributed by atoms with Gasteiger partial charge in [-0.25, -0.2) is 4.79 Å². The fourth-order valence-corrected chi connectivity index (χ4v) is 0.859. The third-order valence-corrected chi connectivity index (χ3v) is 1.45.